The van der Waals surface area contributed by atoms with Gasteiger partial charge in [0, 0.05) is 12.7 Å². The van der Waals surface area contributed by atoms with Crippen molar-refractivity contribution in [3.8, 4) is 0 Å². The highest BCUT2D eigenvalue weighted by atomic mass is 28.5. The molecule has 21 heavy (non-hydrogen) atoms. The summed E-state index contributed by atoms with van der Waals surface area (Å²) < 4.78 is 24.5. The Bertz CT molecular complexity index is 271. The maximum atomic E-state index is 6.32. The molecule has 0 amide bonds. The topological polar surface area (TPSA) is 36.9 Å². The summed E-state index contributed by atoms with van der Waals surface area (Å²) in [6, 6.07) is 0.880. The van der Waals surface area contributed by atoms with Crippen LogP contribution in [0.4, 0.5) is 0 Å². The first-order valence-corrected chi connectivity index (χ1v) is 18.2. The van der Waals surface area contributed by atoms with Gasteiger partial charge in [0.1, 0.15) is 0 Å². The van der Waals surface area contributed by atoms with E-state index < -0.39 is 35.9 Å². The summed E-state index contributed by atoms with van der Waals surface area (Å²) in [4.78, 5) is 0. The minimum atomic E-state index is -2.48. The van der Waals surface area contributed by atoms with Crippen molar-refractivity contribution in [2.45, 2.75) is 58.7 Å². The van der Waals surface area contributed by atoms with Gasteiger partial charge in [0.05, 0.1) is 6.61 Å². The summed E-state index contributed by atoms with van der Waals surface area (Å²) in [6.07, 6.45) is 0.933. The van der Waals surface area contributed by atoms with Crippen molar-refractivity contribution < 1.29 is 17.1 Å². The number of hydrogen-bond donors (Lipinski definition) is 0. The highest BCUT2D eigenvalue weighted by Crippen LogP contribution is 2.21. The van der Waals surface area contributed by atoms with E-state index in [0.29, 0.717) is 6.61 Å². The predicted molar refractivity (Wildman–Crippen MR) is 101 cm³/mol. The second kappa shape index (κ2) is 11.1. The molecule has 0 radical (unpaired) electrons. The molecule has 0 saturated heterocycles. The summed E-state index contributed by atoms with van der Waals surface area (Å²) in [7, 11) is -6.04. The molecule has 8 heteroatoms. The van der Waals surface area contributed by atoms with Crippen LogP contribution in [0.5, 0.6) is 0 Å². The maximum absolute atomic E-state index is 6.32. The molecule has 0 spiro atoms. The summed E-state index contributed by atoms with van der Waals surface area (Å²) in [5, 5.41) is 0. The van der Waals surface area contributed by atoms with Crippen molar-refractivity contribution in [3.05, 3.63) is 12.2 Å². The Labute approximate surface area is 137 Å². The van der Waals surface area contributed by atoms with Gasteiger partial charge < -0.3 is 17.1 Å². The minimum Gasteiger partial charge on any atom is -0.420 e. The molecule has 4 nitrogen and oxygen atoms in total. The Morgan fingerprint density at radius 2 is 1.33 bits per heavy atom. The molecule has 0 aromatic rings. The highest BCUT2D eigenvalue weighted by molar-refractivity contribution is 6.79. The van der Waals surface area contributed by atoms with Gasteiger partial charge in [0.2, 0.25) is 0 Å². The fourth-order valence-electron chi connectivity index (χ4n) is 1.97. The lowest BCUT2D eigenvalue weighted by Crippen LogP contribution is -2.53. The van der Waals surface area contributed by atoms with Crippen molar-refractivity contribution >= 4 is 35.9 Å². The third-order valence-corrected chi connectivity index (χ3v) is 13.3. The molecule has 0 aliphatic carbocycles. The van der Waals surface area contributed by atoms with Crippen LogP contribution in [-0.4, -0.2) is 49.1 Å². The van der Waals surface area contributed by atoms with Crippen molar-refractivity contribution in [1.82, 2.24) is 0 Å². The Balaban J connectivity index is 4.61. The molecule has 126 valence electrons. The van der Waals surface area contributed by atoms with Gasteiger partial charge in [-0.3, -0.25) is 0 Å². The zero-order valence-electron chi connectivity index (χ0n) is 14.9. The van der Waals surface area contributed by atoms with Gasteiger partial charge in [0.15, 0.2) is 27.1 Å². The van der Waals surface area contributed by atoms with E-state index in [0.717, 1.165) is 24.6 Å². The van der Waals surface area contributed by atoms with Crippen LogP contribution in [0, 0.1) is 0 Å². The zero-order chi connectivity index (χ0) is 16.5. The Hall–Kier alpha value is 0.448. The van der Waals surface area contributed by atoms with E-state index >= 15 is 0 Å². The first-order valence-electron chi connectivity index (χ1n) is 7.92. The molecular formula is C13H34O4Si4. The summed E-state index contributed by atoms with van der Waals surface area (Å²) in [6.45, 7) is 20.3. The van der Waals surface area contributed by atoms with Gasteiger partial charge in [-0.2, -0.15) is 0 Å². The van der Waals surface area contributed by atoms with Crippen LogP contribution >= 0.6 is 0 Å². The van der Waals surface area contributed by atoms with Gasteiger partial charge in [-0.1, -0.05) is 12.2 Å². The number of ether oxygens (including phenoxy) is 1. The molecule has 0 rings (SSSR count). The second-order valence-corrected chi connectivity index (χ2v) is 17.3. The van der Waals surface area contributed by atoms with Crippen molar-refractivity contribution in [2.75, 3.05) is 13.2 Å². The molecular weight excluding hydrogens is 332 g/mol. The lowest BCUT2D eigenvalue weighted by atomic mass is 10.4. The van der Waals surface area contributed by atoms with Gasteiger partial charge in [-0.05, 0) is 52.6 Å². The van der Waals surface area contributed by atoms with Gasteiger partial charge in [-0.15, -0.1) is 0 Å². The maximum Gasteiger partial charge on any atom is 0.469 e. The van der Waals surface area contributed by atoms with E-state index in [9.17, 15) is 0 Å². The Kier molecular flexibility index (Phi) is 11.3. The smallest absolute Gasteiger partial charge is 0.420 e. The summed E-state index contributed by atoms with van der Waals surface area (Å²) >= 11 is 0. The monoisotopic (exact) mass is 366 g/mol. The van der Waals surface area contributed by atoms with E-state index in [1.165, 1.54) is 0 Å². The van der Waals surface area contributed by atoms with Crippen LogP contribution in [0.15, 0.2) is 12.2 Å². The second-order valence-electron chi connectivity index (χ2n) is 6.30. The molecule has 0 aromatic heterocycles. The minimum absolute atomic E-state index is 0.633. The van der Waals surface area contributed by atoms with E-state index in [2.05, 4.69) is 45.9 Å². The zero-order valence-corrected chi connectivity index (χ0v) is 19.4. The van der Waals surface area contributed by atoms with E-state index in [1.54, 1.807) is 0 Å². The lowest BCUT2D eigenvalue weighted by Gasteiger charge is -2.35. The molecule has 0 fully saturated rings. The highest BCUT2D eigenvalue weighted by Gasteiger charge is 2.42. The largest absolute Gasteiger partial charge is 0.469 e. The third-order valence-electron chi connectivity index (χ3n) is 2.37. The fourth-order valence-corrected chi connectivity index (χ4v) is 14.8. The third kappa shape index (κ3) is 11.6. The van der Waals surface area contributed by atoms with Crippen LogP contribution in [0.1, 0.15) is 13.3 Å². The Morgan fingerprint density at radius 1 is 0.905 bits per heavy atom. The first-order chi connectivity index (χ1) is 9.67. The molecule has 0 heterocycles. The van der Waals surface area contributed by atoms with Crippen LogP contribution in [0.2, 0.25) is 45.3 Å². The van der Waals surface area contributed by atoms with Gasteiger partial charge in [-0.25, -0.2) is 0 Å². The SMILES string of the molecule is C=C(C)COCCC[Si](O[SiH](C)C)(O[SiH](C)C)O[SiH](C)C. The molecule has 0 aliphatic heterocycles. The van der Waals surface area contributed by atoms with Crippen molar-refractivity contribution in [2.24, 2.45) is 0 Å². The summed E-state index contributed by atoms with van der Waals surface area (Å²) in [5.74, 6) is 0. The van der Waals surface area contributed by atoms with Crippen LogP contribution in [0.3, 0.4) is 0 Å². The van der Waals surface area contributed by atoms with Crippen LogP contribution in [-0.2, 0) is 17.1 Å². The predicted octanol–water partition coefficient (Wildman–Crippen LogP) is 2.91. The quantitative estimate of drug-likeness (QED) is 0.302. The van der Waals surface area contributed by atoms with E-state index in [1.807, 2.05) is 6.92 Å². The Morgan fingerprint density at radius 3 is 1.67 bits per heavy atom. The molecule has 0 saturated carbocycles. The molecule has 0 aromatic carbocycles. The molecule has 0 unspecified atom stereocenters. The van der Waals surface area contributed by atoms with Crippen LogP contribution in [0.25, 0.3) is 0 Å². The molecule has 0 aliphatic rings. The molecule has 0 bridgehead atoms. The summed E-state index contributed by atoms with van der Waals surface area (Å²) in [5.41, 5.74) is 1.06. The standard InChI is InChI=1S/C13H34O4Si4/c1-13(2)12-14-10-9-11-21(15-18(3)4,16-19(5)6)17-20(7)8/h18-20H,1,9-12H2,2-8H3. The lowest BCUT2D eigenvalue weighted by molar-refractivity contribution is 0.152. The van der Waals surface area contributed by atoms with Crippen LogP contribution < -0.4 is 0 Å². The average Bonchev–Trinajstić information content (AvgIpc) is 2.24. The van der Waals surface area contributed by atoms with E-state index in [4.69, 9.17) is 17.1 Å². The average molecular weight is 367 g/mol. The fraction of sp³-hybridized carbons (Fsp3) is 0.846. The first kappa shape index (κ1) is 21.4. The van der Waals surface area contributed by atoms with Crippen molar-refractivity contribution in [1.29, 1.82) is 0 Å². The van der Waals surface area contributed by atoms with E-state index in [-0.39, 0.29) is 0 Å². The molecule has 0 N–H and O–H groups in total. The number of hydrogen-bond acceptors (Lipinski definition) is 4. The normalized spacial score (nSPS) is 12.7. The van der Waals surface area contributed by atoms with Gasteiger partial charge in [0.25, 0.3) is 0 Å². The molecule has 0 atom stereocenters. The van der Waals surface area contributed by atoms with Crippen molar-refractivity contribution in [3.63, 3.8) is 0 Å². The number of rotatable bonds is 12. The van der Waals surface area contributed by atoms with Gasteiger partial charge >= 0.3 is 8.80 Å².